The molecule has 0 spiro atoms. The highest BCUT2D eigenvalue weighted by Crippen LogP contribution is 2.09. The van der Waals surface area contributed by atoms with E-state index in [1.165, 1.54) is 22.9 Å². The second kappa shape index (κ2) is 10.0. The predicted molar refractivity (Wildman–Crippen MR) is 104 cm³/mol. The van der Waals surface area contributed by atoms with Crippen LogP contribution in [0.15, 0.2) is 23.2 Å². The van der Waals surface area contributed by atoms with Crippen molar-refractivity contribution >= 4 is 39.8 Å². The summed E-state index contributed by atoms with van der Waals surface area (Å²) in [5.74, 6) is 0.872. The Morgan fingerprint density at radius 3 is 2.45 bits per heavy atom. The molecular weight excluding hydrogens is 413 g/mol. The molecule has 0 fully saturated rings. The molecule has 0 amide bonds. The zero-order valence-corrected chi connectivity index (χ0v) is 16.8. The number of aliphatic imine (C=N–C) groups is 1. The molecule has 1 aromatic rings. The van der Waals surface area contributed by atoms with Crippen molar-refractivity contribution in [3.8, 4) is 0 Å². The molecule has 22 heavy (non-hydrogen) atoms. The van der Waals surface area contributed by atoms with Crippen molar-refractivity contribution in [1.29, 1.82) is 0 Å². The summed E-state index contributed by atoms with van der Waals surface area (Å²) in [6.07, 6.45) is 1.82. The second-order valence-electron chi connectivity index (χ2n) is 5.27. The van der Waals surface area contributed by atoms with Crippen molar-refractivity contribution in [1.82, 2.24) is 10.6 Å². The lowest BCUT2D eigenvalue weighted by Crippen LogP contribution is -2.37. The number of guanidine groups is 1. The minimum atomic E-state index is -2.89. The summed E-state index contributed by atoms with van der Waals surface area (Å²) in [6.45, 7) is 5.44. The van der Waals surface area contributed by atoms with Crippen molar-refractivity contribution in [2.24, 2.45) is 4.99 Å². The van der Waals surface area contributed by atoms with Gasteiger partial charge in [0.25, 0.3) is 0 Å². The molecule has 5 nitrogen and oxygen atoms in total. The van der Waals surface area contributed by atoms with Gasteiger partial charge in [-0.15, -0.1) is 24.0 Å². The summed E-state index contributed by atoms with van der Waals surface area (Å²) in [5, 5.41) is 6.35. The van der Waals surface area contributed by atoms with Crippen LogP contribution < -0.4 is 10.6 Å². The lowest BCUT2D eigenvalue weighted by molar-refractivity contribution is 0.598. The van der Waals surface area contributed by atoms with Gasteiger partial charge in [0, 0.05) is 26.4 Å². The third-order valence-electron chi connectivity index (χ3n) is 3.15. The zero-order chi connectivity index (χ0) is 15.9. The quantitative estimate of drug-likeness (QED) is 0.308. The van der Waals surface area contributed by atoms with Crippen molar-refractivity contribution in [2.45, 2.75) is 26.8 Å². The van der Waals surface area contributed by atoms with E-state index in [-0.39, 0.29) is 29.7 Å². The van der Waals surface area contributed by atoms with Gasteiger partial charge in [0.1, 0.15) is 9.84 Å². The Bertz CT molecular complexity index is 601. The first-order chi connectivity index (χ1) is 9.81. The van der Waals surface area contributed by atoms with Gasteiger partial charge in [-0.05, 0) is 31.4 Å². The average Bonchev–Trinajstić information content (AvgIpc) is 2.38. The monoisotopic (exact) mass is 439 g/mol. The number of hydrogen-bond acceptors (Lipinski definition) is 3. The van der Waals surface area contributed by atoms with Crippen LogP contribution in [0, 0.1) is 13.8 Å². The molecule has 0 atom stereocenters. The molecule has 2 N–H and O–H groups in total. The smallest absolute Gasteiger partial charge is 0.191 e. The summed E-state index contributed by atoms with van der Waals surface area (Å²) in [7, 11) is -1.19. The zero-order valence-electron chi connectivity index (χ0n) is 13.6. The minimum absolute atomic E-state index is 0. The molecule has 0 radical (unpaired) electrons. The number of hydrogen-bond donors (Lipinski definition) is 2. The van der Waals surface area contributed by atoms with Crippen LogP contribution in [0.5, 0.6) is 0 Å². The van der Waals surface area contributed by atoms with E-state index in [0.717, 1.165) is 0 Å². The summed E-state index contributed by atoms with van der Waals surface area (Å²) in [6, 6.07) is 6.35. The van der Waals surface area contributed by atoms with E-state index in [1.807, 2.05) is 0 Å². The lowest BCUT2D eigenvalue weighted by atomic mass is 10.1. The molecule has 0 unspecified atom stereocenters. The molecule has 0 heterocycles. The molecule has 7 heteroatoms. The molecule has 0 saturated carbocycles. The van der Waals surface area contributed by atoms with Gasteiger partial charge in [-0.3, -0.25) is 4.99 Å². The van der Waals surface area contributed by atoms with E-state index >= 15 is 0 Å². The van der Waals surface area contributed by atoms with Crippen molar-refractivity contribution < 1.29 is 8.42 Å². The average molecular weight is 439 g/mol. The van der Waals surface area contributed by atoms with Crippen LogP contribution in [0.3, 0.4) is 0 Å². The molecule has 0 aliphatic heterocycles. The molecular formula is C15H26IN3O2S. The Balaban J connectivity index is 0.00000441. The number of halogens is 1. The second-order valence-corrected chi connectivity index (χ2v) is 7.53. The SMILES string of the molecule is CN=C(NCCCS(C)(=O)=O)NCc1ccc(C)cc1C.I. The Kier molecular flexibility index (Phi) is 9.66. The van der Waals surface area contributed by atoms with Crippen molar-refractivity contribution in [3.63, 3.8) is 0 Å². The minimum Gasteiger partial charge on any atom is -0.356 e. The predicted octanol–water partition coefficient (Wildman–Crippen LogP) is 2.02. The Labute approximate surface area is 150 Å². The molecule has 0 aliphatic rings. The van der Waals surface area contributed by atoms with Gasteiger partial charge in [0.05, 0.1) is 5.75 Å². The molecule has 0 saturated heterocycles. The molecule has 0 aliphatic carbocycles. The van der Waals surface area contributed by atoms with Gasteiger partial charge in [0.15, 0.2) is 5.96 Å². The van der Waals surface area contributed by atoms with Crippen LogP contribution in [-0.4, -0.2) is 40.0 Å². The highest BCUT2D eigenvalue weighted by molar-refractivity contribution is 14.0. The number of rotatable bonds is 6. The fourth-order valence-electron chi connectivity index (χ4n) is 1.98. The molecule has 1 rings (SSSR count). The van der Waals surface area contributed by atoms with Crippen molar-refractivity contribution in [2.75, 3.05) is 25.6 Å². The first-order valence-corrected chi connectivity index (χ1v) is 9.06. The van der Waals surface area contributed by atoms with E-state index < -0.39 is 9.84 Å². The fourth-order valence-corrected chi connectivity index (χ4v) is 2.65. The number of nitrogens with zero attached hydrogens (tertiary/aromatic N) is 1. The maximum atomic E-state index is 11.0. The van der Waals surface area contributed by atoms with Gasteiger partial charge in [-0.1, -0.05) is 23.8 Å². The van der Waals surface area contributed by atoms with E-state index in [9.17, 15) is 8.42 Å². The maximum absolute atomic E-state index is 11.0. The van der Waals surface area contributed by atoms with Gasteiger partial charge in [0.2, 0.25) is 0 Å². The Morgan fingerprint density at radius 1 is 1.23 bits per heavy atom. The summed E-state index contributed by atoms with van der Waals surface area (Å²) in [4.78, 5) is 4.13. The van der Waals surface area contributed by atoms with Crippen LogP contribution in [0.1, 0.15) is 23.1 Å². The summed E-state index contributed by atoms with van der Waals surface area (Å²) >= 11 is 0. The third-order valence-corrected chi connectivity index (χ3v) is 4.18. The highest BCUT2D eigenvalue weighted by Gasteiger charge is 2.03. The Morgan fingerprint density at radius 2 is 1.91 bits per heavy atom. The van der Waals surface area contributed by atoms with Gasteiger partial charge in [-0.2, -0.15) is 0 Å². The molecule has 1 aromatic carbocycles. The van der Waals surface area contributed by atoms with Crippen LogP contribution in [0.25, 0.3) is 0 Å². The third kappa shape index (κ3) is 8.57. The van der Waals surface area contributed by atoms with Crippen LogP contribution >= 0.6 is 24.0 Å². The topological polar surface area (TPSA) is 70.6 Å². The number of sulfone groups is 1. The van der Waals surface area contributed by atoms with Gasteiger partial charge < -0.3 is 10.6 Å². The first-order valence-electron chi connectivity index (χ1n) is 7.00. The van der Waals surface area contributed by atoms with Gasteiger partial charge >= 0.3 is 0 Å². The van der Waals surface area contributed by atoms with Gasteiger partial charge in [-0.25, -0.2) is 8.42 Å². The number of nitrogens with one attached hydrogen (secondary N) is 2. The lowest BCUT2D eigenvalue weighted by Gasteiger charge is -2.13. The Hall–Kier alpha value is -0.830. The highest BCUT2D eigenvalue weighted by atomic mass is 127. The molecule has 0 aromatic heterocycles. The van der Waals surface area contributed by atoms with E-state index in [4.69, 9.17) is 0 Å². The normalized spacial score (nSPS) is 11.7. The van der Waals surface area contributed by atoms with Crippen LogP contribution in [0.2, 0.25) is 0 Å². The van der Waals surface area contributed by atoms with Crippen LogP contribution in [0.4, 0.5) is 0 Å². The first kappa shape index (κ1) is 21.2. The standard InChI is InChI=1S/C15H25N3O2S.HI/c1-12-6-7-14(13(2)10-12)11-18-15(16-3)17-8-5-9-21(4,19)20;/h6-7,10H,5,8-9,11H2,1-4H3,(H2,16,17,18);1H. The van der Waals surface area contributed by atoms with Crippen LogP contribution in [-0.2, 0) is 16.4 Å². The number of aryl methyl sites for hydroxylation is 2. The fraction of sp³-hybridized carbons (Fsp3) is 0.533. The van der Waals surface area contributed by atoms with E-state index in [2.05, 4.69) is 47.7 Å². The number of benzene rings is 1. The summed E-state index contributed by atoms with van der Waals surface area (Å²) < 4.78 is 22.1. The summed E-state index contributed by atoms with van der Waals surface area (Å²) in [5.41, 5.74) is 3.72. The largest absolute Gasteiger partial charge is 0.356 e. The van der Waals surface area contributed by atoms with E-state index in [0.29, 0.717) is 25.5 Å². The molecule has 0 bridgehead atoms. The maximum Gasteiger partial charge on any atom is 0.191 e. The van der Waals surface area contributed by atoms with Crippen molar-refractivity contribution in [3.05, 3.63) is 34.9 Å². The molecule has 126 valence electrons. The van der Waals surface area contributed by atoms with E-state index in [1.54, 1.807) is 7.05 Å².